The molecule has 1 aromatic heterocycles. The Bertz CT molecular complexity index is 1300. The zero-order chi connectivity index (χ0) is 26.3. The number of nitrogens with one attached hydrogen (secondary N) is 1. The van der Waals surface area contributed by atoms with E-state index in [1.54, 1.807) is 70.2 Å². The van der Waals surface area contributed by atoms with Crippen LogP contribution in [0.1, 0.15) is 50.4 Å². The van der Waals surface area contributed by atoms with Crippen molar-refractivity contribution in [3.63, 3.8) is 0 Å². The Morgan fingerprint density at radius 2 is 1.69 bits per heavy atom. The van der Waals surface area contributed by atoms with E-state index < -0.39 is 34.8 Å². The van der Waals surface area contributed by atoms with Gasteiger partial charge in [0.05, 0.1) is 31.3 Å². The third-order valence-electron chi connectivity index (χ3n) is 5.33. The van der Waals surface area contributed by atoms with Gasteiger partial charge in [-0.25, -0.2) is 14.0 Å². The van der Waals surface area contributed by atoms with Crippen LogP contribution in [0.5, 0.6) is 0 Å². The first-order chi connectivity index (χ1) is 17.1. The van der Waals surface area contributed by atoms with Crippen molar-refractivity contribution in [1.29, 1.82) is 0 Å². The van der Waals surface area contributed by atoms with Gasteiger partial charge in [-0.05, 0) is 39.3 Å². The summed E-state index contributed by atoms with van der Waals surface area (Å²) in [4.78, 5) is 39.3. The molecule has 0 aliphatic heterocycles. The van der Waals surface area contributed by atoms with Crippen LogP contribution in [0.4, 0.5) is 9.18 Å². The van der Waals surface area contributed by atoms with Gasteiger partial charge in [-0.15, -0.1) is 0 Å². The zero-order valence-corrected chi connectivity index (χ0v) is 21.0. The summed E-state index contributed by atoms with van der Waals surface area (Å²) >= 11 is 0. The van der Waals surface area contributed by atoms with Crippen molar-refractivity contribution in [2.75, 3.05) is 6.61 Å². The smallest absolute Gasteiger partial charge is 0.408 e. The van der Waals surface area contributed by atoms with Gasteiger partial charge in [-0.1, -0.05) is 48.5 Å². The van der Waals surface area contributed by atoms with Crippen LogP contribution in [0.15, 0.2) is 70.4 Å². The fourth-order valence-electron chi connectivity index (χ4n) is 3.66. The Hall–Kier alpha value is -3.72. The average molecular weight is 498 g/mol. The molecule has 0 unspecified atom stereocenters. The molecule has 1 heterocycles. The van der Waals surface area contributed by atoms with Crippen LogP contribution in [0, 0.1) is 5.82 Å². The fourth-order valence-corrected chi connectivity index (χ4v) is 3.66. The van der Waals surface area contributed by atoms with Gasteiger partial charge in [0, 0.05) is 18.4 Å². The maximum Gasteiger partial charge on any atom is 0.408 e. The summed E-state index contributed by atoms with van der Waals surface area (Å²) in [6.07, 6.45) is 0.726. The molecule has 0 spiro atoms. The van der Waals surface area contributed by atoms with Crippen LogP contribution < -0.4 is 16.6 Å². The first-order valence-electron chi connectivity index (χ1n) is 11.8. The molecular formula is C27H32FN3O5. The van der Waals surface area contributed by atoms with E-state index in [1.807, 2.05) is 6.07 Å². The normalized spacial score (nSPS) is 12.2. The second kappa shape index (κ2) is 11.8. The Morgan fingerprint density at radius 3 is 2.33 bits per heavy atom. The van der Waals surface area contributed by atoms with Gasteiger partial charge in [0.2, 0.25) is 0 Å². The highest BCUT2D eigenvalue weighted by molar-refractivity contribution is 5.68. The van der Waals surface area contributed by atoms with Crippen molar-refractivity contribution in [3.8, 4) is 0 Å². The van der Waals surface area contributed by atoms with E-state index >= 15 is 0 Å². The van der Waals surface area contributed by atoms with E-state index in [1.165, 1.54) is 16.8 Å². The highest BCUT2D eigenvalue weighted by Crippen LogP contribution is 2.16. The lowest BCUT2D eigenvalue weighted by Crippen LogP contribution is -2.45. The Balaban J connectivity index is 2.05. The van der Waals surface area contributed by atoms with Crippen LogP contribution in [0.25, 0.3) is 0 Å². The topological polar surface area (TPSA) is 91.6 Å². The lowest BCUT2D eigenvalue weighted by atomic mass is 10.1. The molecule has 0 radical (unpaired) electrons. The van der Waals surface area contributed by atoms with Crippen LogP contribution >= 0.6 is 0 Å². The standard InChI is InChI=1S/C27H32FN3O5/c1-5-35-18-21-16-30(15-20-13-9-10-14-22(20)28)26(34)31(24(21)32)17-23(19-11-7-6-8-12-19)29-25(33)36-27(2,3)4/h6-14,16,23H,5,15,17-18H2,1-4H3,(H,29,33)/t23-/m0/s1. The van der Waals surface area contributed by atoms with Crippen molar-refractivity contribution in [1.82, 2.24) is 14.5 Å². The maximum atomic E-state index is 14.3. The number of nitrogens with zero attached hydrogens (tertiary/aromatic N) is 2. The van der Waals surface area contributed by atoms with Crippen molar-refractivity contribution in [3.05, 3.63) is 104 Å². The number of aromatic nitrogens is 2. The molecule has 8 nitrogen and oxygen atoms in total. The molecule has 3 aromatic rings. The van der Waals surface area contributed by atoms with Crippen molar-refractivity contribution in [2.24, 2.45) is 0 Å². The predicted octanol–water partition coefficient (Wildman–Crippen LogP) is 4.00. The third-order valence-corrected chi connectivity index (χ3v) is 5.33. The fraction of sp³-hybridized carbons (Fsp3) is 0.370. The monoisotopic (exact) mass is 497 g/mol. The summed E-state index contributed by atoms with van der Waals surface area (Å²) in [6.45, 7) is 7.16. The molecule has 0 bridgehead atoms. The molecule has 3 rings (SSSR count). The number of ether oxygens (including phenoxy) is 2. The Morgan fingerprint density at radius 1 is 1.03 bits per heavy atom. The van der Waals surface area contributed by atoms with Gasteiger partial charge in [0.15, 0.2) is 0 Å². The molecule has 0 saturated carbocycles. The van der Waals surface area contributed by atoms with Gasteiger partial charge in [0.1, 0.15) is 11.4 Å². The van der Waals surface area contributed by atoms with Gasteiger partial charge in [-0.2, -0.15) is 0 Å². The molecule has 0 saturated heterocycles. The SMILES string of the molecule is CCOCc1cn(Cc2ccccc2F)c(=O)n(C[C@H](NC(=O)OC(C)(C)C)c2ccccc2)c1=O. The van der Waals surface area contributed by atoms with Gasteiger partial charge in [-0.3, -0.25) is 13.9 Å². The minimum atomic E-state index is -0.740. The number of hydrogen-bond donors (Lipinski definition) is 1. The summed E-state index contributed by atoms with van der Waals surface area (Å²) in [6, 6.07) is 14.4. The van der Waals surface area contributed by atoms with E-state index in [4.69, 9.17) is 9.47 Å². The van der Waals surface area contributed by atoms with E-state index in [9.17, 15) is 18.8 Å². The van der Waals surface area contributed by atoms with E-state index in [0.717, 1.165) is 4.57 Å². The van der Waals surface area contributed by atoms with Crippen LogP contribution in [-0.2, 0) is 29.2 Å². The number of carbonyl (C=O) groups excluding carboxylic acids is 1. The first-order valence-corrected chi connectivity index (χ1v) is 11.8. The number of halogens is 1. The summed E-state index contributed by atoms with van der Waals surface area (Å²) < 4.78 is 27.5. The average Bonchev–Trinajstić information content (AvgIpc) is 2.82. The summed E-state index contributed by atoms with van der Waals surface area (Å²) in [5, 5.41) is 2.77. The minimum Gasteiger partial charge on any atom is -0.444 e. The molecule has 0 aliphatic rings. The van der Waals surface area contributed by atoms with Crippen molar-refractivity contribution >= 4 is 6.09 Å². The van der Waals surface area contributed by atoms with E-state index in [-0.39, 0.29) is 25.3 Å². The highest BCUT2D eigenvalue weighted by Gasteiger charge is 2.23. The maximum absolute atomic E-state index is 14.3. The molecule has 1 atom stereocenters. The number of carbonyl (C=O) groups is 1. The van der Waals surface area contributed by atoms with Gasteiger partial charge >= 0.3 is 11.8 Å². The second-order valence-corrected chi connectivity index (χ2v) is 9.32. The molecule has 1 amide bonds. The number of alkyl carbamates (subject to hydrolysis) is 1. The Labute approximate surface area is 209 Å². The summed E-state index contributed by atoms with van der Waals surface area (Å²) in [5.41, 5.74) is -0.659. The molecule has 2 aromatic carbocycles. The Kier molecular flexibility index (Phi) is 8.82. The lowest BCUT2D eigenvalue weighted by molar-refractivity contribution is 0.0497. The zero-order valence-electron chi connectivity index (χ0n) is 21.0. The molecule has 192 valence electrons. The summed E-state index contributed by atoms with van der Waals surface area (Å²) in [7, 11) is 0. The van der Waals surface area contributed by atoms with Crippen molar-refractivity contribution in [2.45, 2.75) is 59.0 Å². The molecule has 0 fully saturated rings. The molecule has 36 heavy (non-hydrogen) atoms. The lowest BCUT2D eigenvalue weighted by Gasteiger charge is -2.24. The second-order valence-electron chi connectivity index (χ2n) is 9.32. The molecule has 0 aliphatic carbocycles. The number of amides is 1. The molecular weight excluding hydrogens is 465 g/mol. The van der Waals surface area contributed by atoms with E-state index in [0.29, 0.717) is 17.7 Å². The number of hydrogen-bond acceptors (Lipinski definition) is 5. The van der Waals surface area contributed by atoms with Crippen LogP contribution in [-0.4, -0.2) is 27.4 Å². The number of benzene rings is 2. The van der Waals surface area contributed by atoms with Crippen LogP contribution in [0.3, 0.4) is 0 Å². The minimum absolute atomic E-state index is 0.0115. The highest BCUT2D eigenvalue weighted by atomic mass is 19.1. The van der Waals surface area contributed by atoms with Crippen LogP contribution in [0.2, 0.25) is 0 Å². The van der Waals surface area contributed by atoms with E-state index in [2.05, 4.69) is 5.32 Å². The molecule has 1 N–H and O–H groups in total. The molecule has 9 heteroatoms. The predicted molar refractivity (Wildman–Crippen MR) is 134 cm³/mol. The number of rotatable bonds is 9. The largest absolute Gasteiger partial charge is 0.444 e. The third kappa shape index (κ3) is 7.14. The van der Waals surface area contributed by atoms with Crippen molar-refractivity contribution < 1.29 is 18.7 Å². The first kappa shape index (κ1) is 26.9. The summed E-state index contributed by atoms with van der Waals surface area (Å²) in [5.74, 6) is -0.456. The van der Waals surface area contributed by atoms with Gasteiger partial charge in [0.25, 0.3) is 5.56 Å². The van der Waals surface area contributed by atoms with Gasteiger partial charge < -0.3 is 14.8 Å². The quantitative estimate of drug-likeness (QED) is 0.483.